The molecule has 114 valence electrons. The summed E-state index contributed by atoms with van der Waals surface area (Å²) < 4.78 is 18.4. The van der Waals surface area contributed by atoms with Crippen LogP contribution in [0, 0.1) is 5.82 Å². The van der Waals surface area contributed by atoms with Gasteiger partial charge in [0.1, 0.15) is 24.3 Å². The highest BCUT2D eigenvalue weighted by Gasteiger charge is 2.11. The van der Waals surface area contributed by atoms with E-state index in [1.807, 2.05) is 17.5 Å². The topological polar surface area (TPSA) is 69.6 Å². The zero-order chi connectivity index (χ0) is 15.6. The van der Waals surface area contributed by atoms with E-state index in [0.717, 1.165) is 4.88 Å². The molecular formula is C15H10FN5OS. The highest BCUT2D eigenvalue weighted by Crippen LogP contribution is 2.23. The maximum absolute atomic E-state index is 12.9. The van der Waals surface area contributed by atoms with E-state index in [9.17, 15) is 4.39 Å². The zero-order valence-electron chi connectivity index (χ0n) is 11.8. The lowest BCUT2D eigenvalue weighted by Gasteiger charge is -1.94. The van der Waals surface area contributed by atoms with Crippen LogP contribution in [0.4, 0.5) is 4.39 Å². The van der Waals surface area contributed by atoms with Crippen molar-refractivity contribution < 1.29 is 8.81 Å². The van der Waals surface area contributed by atoms with Crippen molar-refractivity contribution in [3.8, 4) is 22.2 Å². The first-order chi connectivity index (χ1) is 11.3. The lowest BCUT2D eigenvalue weighted by Crippen LogP contribution is -2.04. The first-order valence-electron chi connectivity index (χ1n) is 6.80. The number of oxazole rings is 1. The van der Waals surface area contributed by atoms with Crippen molar-refractivity contribution in [2.75, 3.05) is 0 Å². The van der Waals surface area contributed by atoms with Crippen molar-refractivity contribution in [1.29, 1.82) is 0 Å². The average molecular weight is 327 g/mol. The van der Waals surface area contributed by atoms with E-state index in [-0.39, 0.29) is 5.82 Å². The molecule has 23 heavy (non-hydrogen) atoms. The van der Waals surface area contributed by atoms with Crippen LogP contribution in [0.15, 0.2) is 52.5 Å². The van der Waals surface area contributed by atoms with Crippen molar-refractivity contribution in [3.05, 3.63) is 59.6 Å². The Balaban J connectivity index is 1.53. The second kappa shape index (κ2) is 5.73. The fourth-order valence-corrected chi connectivity index (χ4v) is 2.72. The molecule has 0 amide bonds. The van der Waals surface area contributed by atoms with Gasteiger partial charge in [0.2, 0.25) is 11.7 Å². The van der Waals surface area contributed by atoms with Crippen LogP contribution in [0.3, 0.4) is 0 Å². The number of aromatic nitrogens is 5. The van der Waals surface area contributed by atoms with Gasteiger partial charge in [0.25, 0.3) is 0 Å². The normalized spacial score (nSPS) is 11.0. The molecule has 0 unspecified atom stereocenters. The largest absolute Gasteiger partial charge is 0.443 e. The van der Waals surface area contributed by atoms with E-state index >= 15 is 0 Å². The van der Waals surface area contributed by atoms with Gasteiger partial charge in [-0.25, -0.2) is 9.37 Å². The first kappa shape index (κ1) is 13.8. The van der Waals surface area contributed by atoms with Gasteiger partial charge in [-0.05, 0) is 40.9 Å². The van der Waals surface area contributed by atoms with Crippen LogP contribution in [-0.2, 0) is 6.54 Å². The molecule has 0 atom stereocenters. The number of thiophene rings is 1. The monoisotopic (exact) mass is 327 g/mol. The Morgan fingerprint density at radius 2 is 2.04 bits per heavy atom. The fraction of sp³-hybridized carbons (Fsp3) is 0.0667. The third-order valence-corrected chi connectivity index (χ3v) is 4.00. The average Bonchev–Trinajstić information content (AvgIpc) is 3.29. The molecule has 0 fully saturated rings. The lowest BCUT2D eigenvalue weighted by molar-refractivity contribution is 0.550. The maximum atomic E-state index is 12.9. The van der Waals surface area contributed by atoms with E-state index < -0.39 is 0 Å². The van der Waals surface area contributed by atoms with E-state index in [1.165, 1.54) is 16.9 Å². The minimum atomic E-state index is -0.301. The van der Waals surface area contributed by atoms with Gasteiger partial charge >= 0.3 is 0 Å². The summed E-state index contributed by atoms with van der Waals surface area (Å²) in [4.78, 5) is 6.80. The number of hydrogen-bond donors (Lipinski definition) is 0. The highest BCUT2D eigenvalue weighted by atomic mass is 32.1. The lowest BCUT2D eigenvalue weighted by atomic mass is 10.2. The molecule has 6 nitrogen and oxygen atoms in total. The van der Waals surface area contributed by atoms with Gasteiger partial charge in [-0.15, -0.1) is 21.5 Å². The van der Waals surface area contributed by atoms with Crippen molar-refractivity contribution in [3.63, 3.8) is 0 Å². The van der Waals surface area contributed by atoms with Gasteiger partial charge < -0.3 is 4.42 Å². The minimum absolute atomic E-state index is 0.301. The number of hydrogen-bond acceptors (Lipinski definition) is 6. The van der Waals surface area contributed by atoms with Crippen LogP contribution < -0.4 is 0 Å². The Bertz CT molecular complexity index is 914. The summed E-state index contributed by atoms with van der Waals surface area (Å²) in [6.45, 7) is 0.350. The van der Waals surface area contributed by atoms with E-state index in [4.69, 9.17) is 4.42 Å². The van der Waals surface area contributed by atoms with Gasteiger partial charge in [0.15, 0.2) is 0 Å². The van der Waals surface area contributed by atoms with Gasteiger partial charge in [-0.2, -0.15) is 4.80 Å². The van der Waals surface area contributed by atoms with Gasteiger partial charge in [0, 0.05) is 5.56 Å². The Morgan fingerprint density at radius 1 is 1.17 bits per heavy atom. The second-order valence-electron chi connectivity index (χ2n) is 4.77. The molecule has 0 aliphatic heterocycles. The maximum Gasteiger partial charge on any atom is 0.236 e. The molecule has 0 radical (unpaired) electrons. The van der Waals surface area contributed by atoms with E-state index in [2.05, 4.69) is 20.4 Å². The molecule has 0 aliphatic carbocycles. The molecule has 4 aromatic rings. The van der Waals surface area contributed by atoms with Crippen molar-refractivity contribution in [1.82, 2.24) is 25.2 Å². The van der Waals surface area contributed by atoms with Crippen LogP contribution in [0.1, 0.15) is 5.69 Å². The Labute approximate surface area is 134 Å². The van der Waals surface area contributed by atoms with Gasteiger partial charge in [0.05, 0.1) is 4.88 Å². The van der Waals surface area contributed by atoms with Crippen molar-refractivity contribution >= 4 is 11.3 Å². The molecular weight excluding hydrogens is 317 g/mol. The summed E-state index contributed by atoms with van der Waals surface area (Å²) in [5.41, 5.74) is 1.41. The summed E-state index contributed by atoms with van der Waals surface area (Å²) in [6.07, 6.45) is 1.58. The minimum Gasteiger partial charge on any atom is -0.443 e. The molecule has 0 aliphatic rings. The quantitative estimate of drug-likeness (QED) is 0.575. The summed E-state index contributed by atoms with van der Waals surface area (Å²) >= 11 is 1.56. The molecule has 1 aromatic carbocycles. The number of tetrazole rings is 1. The van der Waals surface area contributed by atoms with E-state index in [0.29, 0.717) is 29.5 Å². The molecule has 4 rings (SSSR count). The highest BCUT2D eigenvalue weighted by molar-refractivity contribution is 7.13. The molecule has 0 saturated heterocycles. The number of rotatable bonds is 4. The summed E-state index contributed by atoms with van der Waals surface area (Å²) in [7, 11) is 0. The summed E-state index contributed by atoms with van der Waals surface area (Å²) in [5, 5.41) is 14.2. The van der Waals surface area contributed by atoms with Crippen LogP contribution in [0.2, 0.25) is 0 Å². The third-order valence-electron chi connectivity index (χ3n) is 3.14. The standard InChI is InChI=1S/C15H10FN5OS/c16-11-5-3-10(4-6-11)14-18-20-21(19-14)8-12-9-22-15(17-12)13-2-1-7-23-13/h1-7,9H,8H2. The van der Waals surface area contributed by atoms with Crippen LogP contribution in [-0.4, -0.2) is 25.2 Å². The number of halogens is 1. The van der Waals surface area contributed by atoms with Gasteiger partial charge in [-0.3, -0.25) is 0 Å². The SMILES string of the molecule is Fc1ccc(-c2nnn(Cc3coc(-c4cccs4)n3)n2)cc1. The Hall–Kier alpha value is -2.87. The van der Waals surface area contributed by atoms with E-state index in [1.54, 1.807) is 29.7 Å². The zero-order valence-corrected chi connectivity index (χ0v) is 12.6. The van der Waals surface area contributed by atoms with Crippen LogP contribution in [0.25, 0.3) is 22.2 Å². The first-order valence-corrected chi connectivity index (χ1v) is 7.68. The van der Waals surface area contributed by atoms with Crippen molar-refractivity contribution in [2.45, 2.75) is 6.54 Å². The molecule has 0 saturated carbocycles. The summed E-state index contributed by atoms with van der Waals surface area (Å²) in [6, 6.07) is 9.84. The molecule has 3 heterocycles. The number of nitrogens with zero attached hydrogens (tertiary/aromatic N) is 5. The molecule has 0 spiro atoms. The van der Waals surface area contributed by atoms with Crippen LogP contribution in [0.5, 0.6) is 0 Å². The molecule has 8 heteroatoms. The summed E-state index contributed by atoms with van der Waals surface area (Å²) in [5.74, 6) is 0.714. The Kier molecular flexibility index (Phi) is 3.43. The fourth-order valence-electron chi connectivity index (χ4n) is 2.06. The predicted molar refractivity (Wildman–Crippen MR) is 82.1 cm³/mol. The van der Waals surface area contributed by atoms with Crippen LogP contribution >= 0.6 is 11.3 Å². The third kappa shape index (κ3) is 2.88. The van der Waals surface area contributed by atoms with Crippen molar-refractivity contribution in [2.24, 2.45) is 0 Å². The Morgan fingerprint density at radius 3 is 2.83 bits per heavy atom. The smallest absolute Gasteiger partial charge is 0.236 e. The molecule has 0 N–H and O–H groups in total. The predicted octanol–water partition coefficient (Wildman–Crippen LogP) is 3.24. The van der Waals surface area contributed by atoms with Gasteiger partial charge in [-0.1, -0.05) is 6.07 Å². The molecule has 3 aromatic heterocycles. The second-order valence-corrected chi connectivity index (χ2v) is 5.72. The molecule has 0 bridgehead atoms. The number of benzene rings is 1.